The summed E-state index contributed by atoms with van der Waals surface area (Å²) >= 11 is 0. The Labute approximate surface area is 227 Å². The van der Waals surface area contributed by atoms with Crippen LogP contribution in [0.2, 0.25) is 0 Å². The summed E-state index contributed by atoms with van der Waals surface area (Å²) in [5, 5.41) is 11.7. The fraction of sp³-hybridized carbons (Fsp3) is 0.310. The zero-order chi connectivity index (χ0) is 27.9. The van der Waals surface area contributed by atoms with Crippen LogP contribution >= 0.6 is 0 Å². The first-order valence-electron chi connectivity index (χ1n) is 12.7. The van der Waals surface area contributed by atoms with E-state index in [4.69, 9.17) is 14.6 Å². The van der Waals surface area contributed by atoms with Gasteiger partial charge in [-0.1, -0.05) is 36.4 Å². The highest BCUT2D eigenvalue weighted by Gasteiger charge is 2.50. The SMILES string of the molecule is C[C@H]1OC(c2ccc(OCCCO)cc2)=N[C@@]1(CCS(=O)(=O)c1ccccc1)C(=O)NCc1ccccc1F. The van der Waals surface area contributed by atoms with Gasteiger partial charge in [-0.3, -0.25) is 4.79 Å². The monoisotopic (exact) mass is 554 g/mol. The van der Waals surface area contributed by atoms with E-state index in [1.807, 2.05) is 0 Å². The second kappa shape index (κ2) is 12.4. The molecule has 0 fully saturated rings. The minimum absolute atomic E-state index is 0.0294. The summed E-state index contributed by atoms with van der Waals surface area (Å²) in [5.74, 6) is -0.559. The number of halogens is 1. The van der Waals surface area contributed by atoms with Crippen LogP contribution in [0.1, 0.15) is 30.9 Å². The van der Waals surface area contributed by atoms with Crippen LogP contribution in [0, 0.1) is 5.82 Å². The Hall–Kier alpha value is -3.76. The van der Waals surface area contributed by atoms with Crippen LogP contribution in [0.3, 0.4) is 0 Å². The average molecular weight is 555 g/mol. The van der Waals surface area contributed by atoms with Gasteiger partial charge in [0.1, 0.15) is 17.7 Å². The molecule has 0 radical (unpaired) electrons. The number of carbonyl (C=O) groups excluding carboxylic acids is 1. The largest absolute Gasteiger partial charge is 0.494 e. The van der Waals surface area contributed by atoms with E-state index in [2.05, 4.69) is 10.3 Å². The minimum Gasteiger partial charge on any atom is -0.494 e. The fourth-order valence-electron chi connectivity index (χ4n) is 4.26. The molecule has 0 aromatic heterocycles. The second-order valence-corrected chi connectivity index (χ2v) is 11.3. The van der Waals surface area contributed by atoms with E-state index in [9.17, 15) is 17.6 Å². The van der Waals surface area contributed by atoms with Crippen molar-refractivity contribution in [3.8, 4) is 5.75 Å². The predicted octanol–water partition coefficient (Wildman–Crippen LogP) is 3.67. The van der Waals surface area contributed by atoms with Crippen molar-refractivity contribution < 1.29 is 32.2 Å². The van der Waals surface area contributed by atoms with Crippen molar-refractivity contribution in [3.05, 3.63) is 95.8 Å². The van der Waals surface area contributed by atoms with Gasteiger partial charge in [0.05, 0.1) is 17.3 Å². The lowest BCUT2D eigenvalue weighted by Gasteiger charge is -2.28. The van der Waals surface area contributed by atoms with Gasteiger partial charge >= 0.3 is 0 Å². The molecule has 0 saturated heterocycles. The maximum atomic E-state index is 14.2. The maximum absolute atomic E-state index is 14.2. The number of sulfone groups is 1. The third-order valence-electron chi connectivity index (χ3n) is 6.58. The summed E-state index contributed by atoms with van der Waals surface area (Å²) in [6.45, 7) is 1.98. The third kappa shape index (κ3) is 6.63. The van der Waals surface area contributed by atoms with E-state index < -0.39 is 33.2 Å². The van der Waals surface area contributed by atoms with Crippen molar-refractivity contribution in [2.45, 2.75) is 42.8 Å². The quantitative estimate of drug-likeness (QED) is 0.330. The Morgan fingerprint density at radius 2 is 1.77 bits per heavy atom. The molecule has 2 N–H and O–H groups in total. The van der Waals surface area contributed by atoms with Gasteiger partial charge in [-0.15, -0.1) is 0 Å². The Morgan fingerprint density at radius 3 is 2.46 bits per heavy atom. The highest BCUT2D eigenvalue weighted by Crippen LogP contribution is 2.34. The number of nitrogens with one attached hydrogen (secondary N) is 1. The van der Waals surface area contributed by atoms with Gasteiger partial charge in [0.15, 0.2) is 15.4 Å². The molecule has 0 unspecified atom stereocenters. The summed E-state index contributed by atoms with van der Waals surface area (Å²) in [6, 6.07) is 21.0. The number of ether oxygens (including phenoxy) is 2. The van der Waals surface area contributed by atoms with E-state index in [1.165, 1.54) is 18.2 Å². The Balaban J connectivity index is 1.61. The molecule has 3 aromatic rings. The van der Waals surface area contributed by atoms with Crippen molar-refractivity contribution in [1.82, 2.24) is 5.32 Å². The molecule has 2 atom stereocenters. The fourth-order valence-corrected chi connectivity index (χ4v) is 5.65. The Morgan fingerprint density at radius 1 is 1.08 bits per heavy atom. The number of amides is 1. The van der Waals surface area contributed by atoms with E-state index in [0.717, 1.165) is 0 Å². The van der Waals surface area contributed by atoms with E-state index in [1.54, 1.807) is 67.6 Å². The lowest BCUT2D eigenvalue weighted by molar-refractivity contribution is -0.128. The number of aliphatic hydroxyl groups is 1. The van der Waals surface area contributed by atoms with Gasteiger partial charge < -0.3 is 19.9 Å². The molecular formula is C29H31FN2O6S. The maximum Gasteiger partial charge on any atom is 0.252 e. The molecule has 1 heterocycles. The molecule has 39 heavy (non-hydrogen) atoms. The highest BCUT2D eigenvalue weighted by atomic mass is 32.2. The third-order valence-corrected chi connectivity index (χ3v) is 8.31. The summed E-state index contributed by atoms with van der Waals surface area (Å²) in [4.78, 5) is 18.4. The molecule has 8 nitrogen and oxygen atoms in total. The first-order valence-corrected chi connectivity index (χ1v) is 14.3. The summed E-state index contributed by atoms with van der Waals surface area (Å²) < 4.78 is 51.9. The van der Waals surface area contributed by atoms with Gasteiger partial charge in [0.25, 0.3) is 5.91 Å². The number of aliphatic imine (C=N–C) groups is 1. The van der Waals surface area contributed by atoms with Crippen LogP contribution in [-0.2, 0) is 25.9 Å². The Bertz CT molecular complexity index is 1410. The average Bonchev–Trinajstić information content (AvgIpc) is 3.29. The lowest BCUT2D eigenvalue weighted by atomic mass is 9.90. The van der Waals surface area contributed by atoms with Crippen molar-refractivity contribution in [3.63, 3.8) is 0 Å². The lowest BCUT2D eigenvalue weighted by Crippen LogP contribution is -2.51. The predicted molar refractivity (Wildman–Crippen MR) is 145 cm³/mol. The van der Waals surface area contributed by atoms with Crippen LogP contribution in [0.15, 0.2) is 88.8 Å². The van der Waals surface area contributed by atoms with E-state index in [0.29, 0.717) is 29.9 Å². The molecule has 0 aliphatic carbocycles. The number of carbonyl (C=O) groups is 1. The first-order chi connectivity index (χ1) is 18.7. The van der Waals surface area contributed by atoms with Crippen LogP contribution in [0.25, 0.3) is 0 Å². The summed E-state index contributed by atoms with van der Waals surface area (Å²) in [6.07, 6.45) is -0.425. The van der Waals surface area contributed by atoms with Crippen LogP contribution in [-0.4, -0.2) is 55.9 Å². The number of hydrogen-bond acceptors (Lipinski definition) is 7. The van der Waals surface area contributed by atoms with Gasteiger partial charge in [-0.05, 0) is 55.8 Å². The number of rotatable bonds is 12. The Kier molecular flexibility index (Phi) is 8.98. The van der Waals surface area contributed by atoms with Gasteiger partial charge in [-0.2, -0.15) is 0 Å². The van der Waals surface area contributed by atoms with Crippen LogP contribution < -0.4 is 10.1 Å². The second-order valence-electron chi connectivity index (χ2n) is 9.21. The highest BCUT2D eigenvalue weighted by molar-refractivity contribution is 7.91. The minimum atomic E-state index is -3.71. The van der Waals surface area contributed by atoms with Crippen molar-refractivity contribution >= 4 is 21.6 Å². The molecule has 1 aliphatic heterocycles. The zero-order valence-corrected chi connectivity index (χ0v) is 22.4. The number of hydrogen-bond donors (Lipinski definition) is 2. The van der Waals surface area contributed by atoms with Gasteiger partial charge in [0.2, 0.25) is 5.90 Å². The van der Waals surface area contributed by atoms with Gasteiger partial charge in [0, 0.05) is 30.7 Å². The molecule has 1 amide bonds. The van der Waals surface area contributed by atoms with Crippen LogP contribution in [0.5, 0.6) is 5.75 Å². The molecule has 4 rings (SSSR count). The smallest absolute Gasteiger partial charge is 0.252 e. The number of benzene rings is 3. The standard InChI is InChI=1S/C29H31FN2O6S/c1-21-29(16-19-39(35,36)25-9-3-2-4-10-25,28(34)31-20-23-8-5-6-11-26(23)30)32-27(38-21)22-12-14-24(15-13-22)37-18-7-17-33/h2-6,8-15,21,33H,7,16-20H2,1H3,(H,31,34)/t21-,29-/m1/s1. The topological polar surface area (TPSA) is 114 Å². The summed E-state index contributed by atoms with van der Waals surface area (Å²) in [7, 11) is -3.71. The molecule has 10 heteroatoms. The van der Waals surface area contributed by atoms with E-state index >= 15 is 0 Å². The van der Waals surface area contributed by atoms with E-state index in [-0.39, 0.29) is 36.1 Å². The molecule has 0 bridgehead atoms. The molecular weight excluding hydrogens is 523 g/mol. The van der Waals surface area contributed by atoms with Crippen molar-refractivity contribution in [1.29, 1.82) is 0 Å². The molecule has 206 valence electrons. The first kappa shape index (κ1) is 28.3. The number of nitrogens with zero attached hydrogens (tertiary/aromatic N) is 1. The van der Waals surface area contributed by atoms with Crippen molar-refractivity contribution in [2.24, 2.45) is 4.99 Å². The van der Waals surface area contributed by atoms with Crippen LogP contribution in [0.4, 0.5) is 4.39 Å². The molecule has 3 aromatic carbocycles. The summed E-state index contributed by atoms with van der Waals surface area (Å²) in [5.41, 5.74) is -0.671. The molecule has 0 saturated carbocycles. The molecule has 0 spiro atoms. The molecule has 1 aliphatic rings. The number of aliphatic hydroxyl groups excluding tert-OH is 1. The van der Waals surface area contributed by atoms with Crippen molar-refractivity contribution in [2.75, 3.05) is 19.0 Å². The normalized spacial score (nSPS) is 18.7. The zero-order valence-electron chi connectivity index (χ0n) is 21.5. The van der Waals surface area contributed by atoms with Gasteiger partial charge in [-0.25, -0.2) is 17.8 Å².